The van der Waals surface area contributed by atoms with Gasteiger partial charge in [0.2, 0.25) is 5.91 Å². The number of amides is 1. The fraction of sp³-hybridized carbons (Fsp3) is 0.0769. The lowest BCUT2D eigenvalue weighted by molar-refractivity contribution is -0.382. The average molecular weight is 274 g/mol. The van der Waals surface area contributed by atoms with E-state index in [1.807, 2.05) is 0 Å². The minimum Gasteiger partial charge on any atom is -0.478 e. The summed E-state index contributed by atoms with van der Waals surface area (Å²) in [5.41, 5.74) is -1.03. The second kappa shape index (κ2) is 4.96. The molecular formula is C13H10N2O5. The molecule has 0 aliphatic carbocycles. The van der Waals surface area contributed by atoms with Gasteiger partial charge in [-0.3, -0.25) is 14.9 Å². The first kappa shape index (κ1) is 13.5. The van der Waals surface area contributed by atoms with Gasteiger partial charge in [-0.1, -0.05) is 18.2 Å². The van der Waals surface area contributed by atoms with Crippen molar-refractivity contribution in [3.8, 4) is 0 Å². The summed E-state index contributed by atoms with van der Waals surface area (Å²) in [5, 5.41) is 23.4. The van der Waals surface area contributed by atoms with E-state index < -0.39 is 22.5 Å². The lowest BCUT2D eigenvalue weighted by Gasteiger charge is -2.10. The second-order valence-electron chi connectivity index (χ2n) is 4.11. The number of nitro groups is 1. The Hall–Kier alpha value is -2.96. The van der Waals surface area contributed by atoms with E-state index in [0.717, 1.165) is 6.92 Å². The van der Waals surface area contributed by atoms with Gasteiger partial charge in [0.15, 0.2) is 0 Å². The number of carboxylic acids is 1. The lowest BCUT2D eigenvalue weighted by atomic mass is 10.0. The van der Waals surface area contributed by atoms with Crippen molar-refractivity contribution >= 4 is 34.0 Å². The minimum atomic E-state index is -1.34. The second-order valence-corrected chi connectivity index (χ2v) is 4.11. The van der Waals surface area contributed by atoms with Crippen molar-refractivity contribution in [1.29, 1.82) is 0 Å². The molecule has 0 bridgehead atoms. The molecule has 0 aliphatic heterocycles. The molecule has 2 aromatic rings. The van der Waals surface area contributed by atoms with E-state index >= 15 is 0 Å². The van der Waals surface area contributed by atoms with Gasteiger partial charge < -0.3 is 10.4 Å². The molecule has 0 unspecified atom stereocenters. The summed E-state index contributed by atoms with van der Waals surface area (Å²) in [6, 6.07) is 7.63. The third-order valence-electron chi connectivity index (χ3n) is 2.74. The predicted octanol–water partition coefficient (Wildman–Crippen LogP) is 2.40. The molecule has 2 N–H and O–H groups in total. The van der Waals surface area contributed by atoms with Gasteiger partial charge in [-0.15, -0.1) is 0 Å². The van der Waals surface area contributed by atoms with Crippen LogP contribution < -0.4 is 5.32 Å². The van der Waals surface area contributed by atoms with Crippen LogP contribution in [0.5, 0.6) is 0 Å². The maximum absolute atomic E-state index is 11.3. The van der Waals surface area contributed by atoms with Gasteiger partial charge in [0, 0.05) is 6.92 Å². The molecule has 0 aliphatic rings. The van der Waals surface area contributed by atoms with Crippen LogP contribution in [0.1, 0.15) is 17.3 Å². The highest BCUT2D eigenvalue weighted by molar-refractivity contribution is 6.10. The van der Waals surface area contributed by atoms with Crippen molar-refractivity contribution in [3.63, 3.8) is 0 Å². The number of anilines is 1. The highest BCUT2D eigenvalue weighted by Gasteiger charge is 2.26. The number of benzene rings is 2. The Morgan fingerprint density at radius 2 is 1.95 bits per heavy atom. The van der Waals surface area contributed by atoms with Gasteiger partial charge in [0.1, 0.15) is 5.69 Å². The quantitative estimate of drug-likeness (QED) is 0.659. The van der Waals surface area contributed by atoms with Crippen LogP contribution in [0, 0.1) is 10.1 Å². The number of hydrogen-bond donors (Lipinski definition) is 2. The van der Waals surface area contributed by atoms with Crippen LogP contribution in [0.4, 0.5) is 11.4 Å². The third kappa shape index (κ3) is 2.28. The van der Waals surface area contributed by atoms with Crippen LogP contribution in [0.2, 0.25) is 0 Å². The Morgan fingerprint density at radius 1 is 1.30 bits per heavy atom. The smallest absolute Gasteiger partial charge is 0.338 e. The van der Waals surface area contributed by atoms with Crippen LogP contribution in [0.3, 0.4) is 0 Å². The molecule has 0 atom stereocenters. The Balaban J connectivity index is 2.92. The van der Waals surface area contributed by atoms with Gasteiger partial charge in [-0.25, -0.2) is 4.79 Å². The van der Waals surface area contributed by atoms with Gasteiger partial charge in [-0.05, 0) is 17.5 Å². The summed E-state index contributed by atoms with van der Waals surface area (Å²) in [7, 11) is 0. The van der Waals surface area contributed by atoms with Crippen molar-refractivity contribution in [3.05, 3.63) is 46.0 Å². The molecule has 0 fully saturated rings. The molecule has 0 heterocycles. The van der Waals surface area contributed by atoms with Gasteiger partial charge in [0.05, 0.1) is 15.9 Å². The molecule has 1 amide bonds. The molecule has 20 heavy (non-hydrogen) atoms. The van der Waals surface area contributed by atoms with E-state index in [1.54, 1.807) is 18.2 Å². The molecule has 7 heteroatoms. The Morgan fingerprint density at radius 3 is 2.50 bits per heavy atom. The van der Waals surface area contributed by atoms with Gasteiger partial charge in [-0.2, -0.15) is 0 Å². The summed E-state index contributed by atoms with van der Waals surface area (Å²) in [6.07, 6.45) is 0. The number of aromatic carboxylic acids is 1. The van der Waals surface area contributed by atoms with Crippen molar-refractivity contribution in [1.82, 2.24) is 0 Å². The topological polar surface area (TPSA) is 110 Å². The number of fused-ring (bicyclic) bond motifs is 1. The van der Waals surface area contributed by atoms with E-state index in [1.165, 1.54) is 12.1 Å². The van der Waals surface area contributed by atoms with Crippen LogP contribution in [0.15, 0.2) is 30.3 Å². The number of carbonyl (C=O) groups is 2. The van der Waals surface area contributed by atoms with Crippen LogP contribution in [-0.2, 0) is 4.79 Å². The normalized spacial score (nSPS) is 10.2. The Labute approximate surface area is 113 Å². The van der Waals surface area contributed by atoms with Crippen molar-refractivity contribution in [2.45, 2.75) is 6.92 Å². The van der Waals surface area contributed by atoms with Gasteiger partial charge >= 0.3 is 11.7 Å². The van der Waals surface area contributed by atoms with E-state index in [0.29, 0.717) is 5.39 Å². The first-order valence-electron chi connectivity index (χ1n) is 5.63. The van der Waals surface area contributed by atoms with Crippen LogP contribution in [0.25, 0.3) is 10.8 Å². The van der Waals surface area contributed by atoms with E-state index in [-0.39, 0.29) is 16.6 Å². The zero-order valence-electron chi connectivity index (χ0n) is 10.4. The monoisotopic (exact) mass is 274 g/mol. The minimum absolute atomic E-state index is 0.270. The maximum atomic E-state index is 11.3. The van der Waals surface area contributed by atoms with Crippen molar-refractivity contribution in [2.24, 2.45) is 0 Å². The number of nitro benzene ring substituents is 1. The largest absolute Gasteiger partial charge is 0.478 e. The Kier molecular flexibility index (Phi) is 3.34. The highest BCUT2D eigenvalue weighted by atomic mass is 16.6. The first-order valence-corrected chi connectivity index (χ1v) is 5.63. The summed E-state index contributed by atoms with van der Waals surface area (Å²) < 4.78 is 0. The summed E-state index contributed by atoms with van der Waals surface area (Å²) in [6.45, 7) is 1.16. The number of carboxylic acid groups (broad SMARTS) is 1. The van der Waals surface area contributed by atoms with Gasteiger partial charge in [0.25, 0.3) is 0 Å². The van der Waals surface area contributed by atoms with Crippen molar-refractivity contribution in [2.75, 3.05) is 5.32 Å². The molecule has 0 saturated carbocycles. The third-order valence-corrected chi connectivity index (χ3v) is 2.74. The molecule has 0 spiro atoms. The number of nitrogens with zero attached hydrogens (tertiary/aromatic N) is 1. The number of rotatable bonds is 3. The highest BCUT2D eigenvalue weighted by Crippen LogP contribution is 2.36. The Bertz CT molecular complexity index is 739. The molecule has 102 valence electrons. The molecule has 0 radical (unpaired) electrons. The molecule has 2 rings (SSSR count). The zero-order chi connectivity index (χ0) is 14.9. The molecular weight excluding hydrogens is 264 g/mol. The molecule has 2 aromatic carbocycles. The van der Waals surface area contributed by atoms with Crippen LogP contribution >= 0.6 is 0 Å². The molecule has 7 nitrogen and oxygen atoms in total. The summed E-state index contributed by atoms with van der Waals surface area (Å²) in [4.78, 5) is 33.0. The fourth-order valence-corrected chi connectivity index (χ4v) is 1.99. The first-order chi connectivity index (χ1) is 9.41. The van der Waals surface area contributed by atoms with E-state index in [9.17, 15) is 24.8 Å². The molecule has 0 saturated heterocycles. The van der Waals surface area contributed by atoms with Crippen LogP contribution in [-0.4, -0.2) is 21.9 Å². The zero-order valence-corrected chi connectivity index (χ0v) is 10.4. The average Bonchev–Trinajstić information content (AvgIpc) is 2.36. The SMILES string of the molecule is CC(=O)Nc1c(C(=O)O)cc2ccccc2c1[N+](=O)[O-]. The van der Waals surface area contributed by atoms with E-state index in [2.05, 4.69) is 5.32 Å². The number of hydrogen-bond acceptors (Lipinski definition) is 4. The van der Waals surface area contributed by atoms with E-state index in [4.69, 9.17) is 0 Å². The summed E-state index contributed by atoms with van der Waals surface area (Å²) >= 11 is 0. The maximum Gasteiger partial charge on any atom is 0.338 e. The molecule has 0 aromatic heterocycles. The predicted molar refractivity (Wildman–Crippen MR) is 71.9 cm³/mol. The standard InChI is InChI=1S/C13H10N2O5/c1-7(16)14-11-10(13(17)18)6-8-4-2-3-5-9(8)12(11)15(19)20/h2-6H,1H3,(H,14,16)(H,17,18). The number of nitrogens with one attached hydrogen (secondary N) is 1. The lowest BCUT2D eigenvalue weighted by Crippen LogP contribution is -2.13. The van der Waals surface area contributed by atoms with Crippen molar-refractivity contribution < 1.29 is 19.6 Å². The fourth-order valence-electron chi connectivity index (χ4n) is 1.99. The number of carbonyl (C=O) groups excluding carboxylic acids is 1. The summed E-state index contributed by atoms with van der Waals surface area (Å²) in [5.74, 6) is -1.92.